The van der Waals surface area contributed by atoms with Crippen LogP contribution in [0.2, 0.25) is 11.6 Å². The van der Waals surface area contributed by atoms with E-state index in [9.17, 15) is 0 Å². The molecule has 0 amide bonds. The Bertz CT molecular complexity index is 259. The second kappa shape index (κ2) is 6.50. The van der Waals surface area contributed by atoms with Gasteiger partial charge >= 0.3 is 0 Å². The van der Waals surface area contributed by atoms with Crippen LogP contribution in [-0.4, -0.2) is 41.1 Å². The number of fused-ring (bicyclic) bond motifs is 1. The van der Waals surface area contributed by atoms with E-state index in [0.29, 0.717) is 18.1 Å². The molecule has 0 radical (unpaired) electrons. The van der Waals surface area contributed by atoms with Gasteiger partial charge in [0.15, 0.2) is 9.04 Å². The third kappa shape index (κ3) is 3.56. The van der Waals surface area contributed by atoms with Crippen molar-refractivity contribution in [3.8, 4) is 0 Å². The highest BCUT2D eigenvalue weighted by atomic mass is 28.3. The van der Waals surface area contributed by atoms with E-state index < -0.39 is 9.04 Å². The Labute approximate surface area is 113 Å². The van der Waals surface area contributed by atoms with E-state index in [1.165, 1.54) is 25.3 Å². The monoisotopic (exact) mass is 272 g/mol. The highest BCUT2D eigenvalue weighted by molar-refractivity contribution is 6.53. The zero-order valence-corrected chi connectivity index (χ0v) is 13.4. The van der Waals surface area contributed by atoms with E-state index in [0.717, 1.165) is 12.1 Å². The lowest BCUT2D eigenvalue weighted by molar-refractivity contribution is 0.00417. The summed E-state index contributed by atoms with van der Waals surface area (Å²) in [6.45, 7) is 7.61. The molecule has 1 heterocycles. The van der Waals surface area contributed by atoms with E-state index in [1.807, 2.05) is 7.11 Å². The van der Waals surface area contributed by atoms with Crippen LogP contribution in [0.3, 0.4) is 0 Å². The highest BCUT2D eigenvalue weighted by Gasteiger charge is 2.45. The van der Waals surface area contributed by atoms with Gasteiger partial charge in [0.2, 0.25) is 0 Å². The highest BCUT2D eigenvalue weighted by Crippen LogP contribution is 2.41. The molecule has 5 unspecified atom stereocenters. The molecule has 2 fully saturated rings. The molecule has 4 heteroatoms. The quantitative estimate of drug-likeness (QED) is 0.527. The van der Waals surface area contributed by atoms with E-state index in [-0.39, 0.29) is 6.10 Å². The summed E-state index contributed by atoms with van der Waals surface area (Å²) in [5.41, 5.74) is 0.718. The van der Waals surface area contributed by atoms with Crippen molar-refractivity contribution in [2.45, 2.75) is 69.9 Å². The summed E-state index contributed by atoms with van der Waals surface area (Å²) in [6, 6.07) is 1.21. The van der Waals surface area contributed by atoms with Gasteiger partial charge in [-0.05, 0) is 36.8 Å². The van der Waals surface area contributed by atoms with Gasteiger partial charge in [-0.2, -0.15) is 0 Å². The predicted molar refractivity (Wildman–Crippen MR) is 75.5 cm³/mol. The molecule has 18 heavy (non-hydrogen) atoms. The van der Waals surface area contributed by atoms with Crippen LogP contribution in [0.1, 0.15) is 40.0 Å². The molecule has 106 valence electrons. The zero-order valence-electron chi connectivity index (χ0n) is 12.2. The largest absolute Gasteiger partial charge is 0.417 e. The van der Waals surface area contributed by atoms with Crippen molar-refractivity contribution < 1.29 is 13.9 Å². The minimum atomic E-state index is -1.03. The average Bonchev–Trinajstić information content (AvgIpc) is 3.12. The molecular weight excluding hydrogens is 244 g/mol. The first-order chi connectivity index (χ1) is 8.65. The van der Waals surface area contributed by atoms with Crippen molar-refractivity contribution in [2.24, 2.45) is 5.92 Å². The van der Waals surface area contributed by atoms with Crippen molar-refractivity contribution in [1.29, 1.82) is 0 Å². The molecular formula is C14H28O3Si. The van der Waals surface area contributed by atoms with Crippen LogP contribution in [0.25, 0.3) is 0 Å². The first-order valence-corrected chi connectivity index (χ1v) is 9.41. The molecule has 0 aromatic rings. The molecule has 0 aromatic heterocycles. The molecule has 0 aromatic carbocycles. The molecule has 0 spiro atoms. The smallest absolute Gasteiger partial charge is 0.179 e. The summed E-state index contributed by atoms with van der Waals surface area (Å²) in [6.07, 6.45) is 5.01. The Hall–Kier alpha value is 0.0969. The molecule has 0 N–H and O–H groups in total. The van der Waals surface area contributed by atoms with Crippen LogP contribution in [0, 0.1) is 5.92 Å². The number of hydrogen-bond acceptors (Lipinski definition) is 3. The molecule has 2 rings (SSSR count). The Balaban J connectivity index is 1.77. The standard InChI is InChI=1S/C14H28O3Si/c1-5-18(10(2)3)16-9-14(15-4)11-6-7-12-13(8-11)17-12/h10-14,18H,5-9H2,1-4H3. The van der Waals surface area contributed by atoms with Gasteiger partial charge < -0.3 is 13.9 Å². The van der Waals surface area contributed by atoms with Gasteiger partial charge in [0.25, 0.3) is 0 Å². The van der Waals surface area contributed by atoms with Gasteiger partial charge in [-0.1, -0.05) is 20.8 Å². The van der Waals surface area contributed by atoms with Crippen molar-refractivity contribution >= 4 is 9.04 Å². The maximum atomic E-state index is 6.18. The number of hydrogen-bond donors (Lipinski definition) is 0. The van der Waals surface area contributed by atoms with E-state index in [4.69, 9.17) is 13.9 Å². The van der Waals surface area contributed by atoms with Gasteiger partial charge in [-0.3, -0.25) is 0 Å². The number of methoxy groups -OCH3 is 1. The maximum Gasteiger partial charge on any atom is 0.179 e. The second-order valence-corrected chi connectivity index (χ2v) is 9.64. The zero-order chi connectivity index (χ0) is 13.1. The summed E-state index contributed by atoms with van der Waals surface area (Å²) in [7, 11) is 0.798. The van der Waals surface area contributed by atoms with Crippen molar-refractivity contribution in [3.05, 3.63) is 0 Å². The third-order valence-electron chi connectivity index (χ3n) is 4.49. The topological polar surface area (TPSA) is 31.0 Å². The molecule has 1 aliphatic heterocycles. The fourth-order valence-electron chi connectivity index (χ4n) is 3.17. The maximum absolute atomic E-state index is 6.18. The Kier molecular flexibility index (Phi) is 5.24. The number of rotatable bonds is 7. The third-order valence-corrected chi connectivity index (χ3v) is 7.41. The summed E-state index contributed by atoms with van der Waals surface area (Å²) < 4.78 is 17.5. The first-order valence-electron chi connectivity index (χ1n) is 7.45. The van der Waals surface area contributed by atoms with Crippen molar-refractivity contribution in [1.82, 2.24) is 0 Å². The summed E-state index contributed by atoms with van der Waals surface area (Å²) in [5, 5.41) is 0. The summed E-state index contributed by atoms with van der Waals surface area (Å²) >= 11 is 0. The Morgan fingerprint density at radius 2 is 2.06 bits per heavy atom. The van der Waals surface area contributed by atoms with Crippen LogP contribution in [0.4, 0.5) is 0 Å². The van der Waals surface area contributed by atoms with E-state index in [2.05, 4.69) is 20.8 Å². The van der Waals surface area contributed by atoms with Crippen molar-refractivity contribution in [2.75, 3.05) is 13.7 Å². The Morgan fingerprint density at radius 3 is 2.61 bits per heavy atom. The van der Waals surface area contributed by atoms with Crippen LogP contribution in [0.15, 0.2) is 0 Å². The molecule has 3 nitrogen and oxygen atoms in total. The molecule has 2 aliphatic rings. The lowest BCUT2D eigenvalue weighted by Gasteiger charge is -2.29. The predicted octanol–water partition coefficient (Wildman–Crippen LogP) is 2.74. The van der Waals surface area contributed by atoms with Crippen LogP contribution in [0.5, 0.6) is 0 Å². The van der Waals surface area contributed by atoms with Crippen LogP contribution < -0.4 is 0 Å². The Morgan fingerprint density at radius 1 is 1.28 bits per heavy atom. The van der Waals surface area contributed by atoms with Crippen LogP contribution in [-0.2, 0) is 13.9 Å². The fraction of sp³-hybridized carbons (Fsp3) is 1.00. The van der Waals surface area contributed by atoms with Gasteiger partial charge in [0.1, 0.15) is 0 Å². The minimum Gasteiger partial charge on any atom is -0.417 e. The molecule has 0 bridgehead atoms. The average molecular weight is 272 g/mol. The summed E-state index contributed by atoms with van der Waals surface area (Å²) in [4.78, 5) is 0. The first kappa shape index (κ1) is 14.5. The number of epoxide rings is 1. The van der Waals surface area contributed by atoms with Crippen molar-refractivity contribution in [3.63, 3.8) is 0 Å². The van der Waals surface area contributed by atoms with Crippen LogP contribution >= 0.6 is 0 Å². The second-order valence-electron chi connectivity index (χ2n) is 6.08. The number of ether oxygens (including phenoxy) is 2. The van der Waals surface area contributed by atoms with Gasteiger partial charge in [-0.15, -0.1) is 0 Å². The molecule has 1 aliphatic carbocycles. The SMILES string of the molecule is CC[SiH](OCC(OC)C1CCC2OC2C1)C(C)C. The van der Waals surface area contributed by atoms with E-state index in [1.54, 1.807) is 0 Å². The molecule has 1 saturated carbocycles. The minimum absolute atomic E-state index is 0.274. The molecule has 1 saturated heterocycles. The van der Waals surface area contributed by atoms with E-state index >= 15 is 0 Å². The summed E-state index contributed by atoms with van der Waals surface area (Å²) in [5.74, 6) is 0.636. The molecule has 5 atom stereocenters. The normalized spacial score (nSPS) is 34.2. The lowest BCUT2D eigenvalue weighted by Crippen LogP contribution is -2.35. The fourth-order valence-corrected chi connectivity index (χ4v) is 5.17. The van der Waals surface area contributed by atoms with Gasteiger partial charge in [0, 0.05) is 7.11 Å². The van der Waals surface area contributed by atoms with Gasteiger partial charge in [-0.25, -0.2) is 0 Å². The lowest BCUT2D eigenvalue weighted by atomic mass is 9.85. The van der Waals surface area contributed by atoms with Gasteiger partial charge in [0.05, 0.1) is 24.9 Å².